The lowest BCUT2D eigenvalue weighted by molar-refractivity contribution is 0.102. The fourth-order valence-corrected chi connectivity index (χ4v) is 2.85. The molecule has 2 rings (SSSR count). The van der Waals surface area contributed by atoms with Crippen molar-refractivity contribution in [1.29, 1.82) is 0 Å². The molecule has 0 bridgehead atoms. The van der Waals surface area contributed by atoms with Crippen LogP contribution in [-0.2, 0) is 0 Å². The molecular formula is C14H17N3O2S. The molecule has 20 heavy (non-hydrogen) atoms. The van der Waals surface area contributed by atoms with Gasteiger partial charge in [-0.2, -0.15) is 0 Å². The van der Waals surface area contributed by atoms with Gasteiger partial charge in [-0.15, -0.1) is 5.10 Å². The Balaban J connectivity index is 2.10. The monoisotopic (exact) mass is 291 g/mol. The molecule has 1 heterocycles. The molecule has 106 valence electrons. The average Bonchev–Trinajstić information content (AvgIpc) is 2.77. The number of thioether (sulfide) groups is 1. The molecule has 0 aliphatic rings. The number of hydrogen-bond acceptors (Lipinski definition) is 4. The summed E-state index contributed by atoms with van der Waals surface area (Å²) in [5.74, 6) is 0.296. The fourth-order valence-electron chi connectivity index (χ4n) is 1.88. The first-order chi connectivity index (χ1) is 9.49. The van der Waals surface area contributed by atoms with E-state index in [0.29, 0.717) is 10.7 Å². The van der Waals surface area contributed by atoms with Crippen LogP contribution in [0.4, 0.5) is 0 Å². The van der Waals surface area contributed by atoms with Gasteiger partial charge in [0.05, 0.1) is 5.75 Å². The lowest BCUT2D eigenvalue weighted by Gasteiger charge is -2.08. The van der Waals surface area contributed by atoms with E-state index in [1.54, 1.807) is 10.6 Å². The summed E-state index contributed by atoms with van der Waals surface area (Å²) in [6.45, 7) is 5.76. The standard InChI is InChI=1S/C14H17N3O2S/c1-9(2)17-13(19)15-16-14(17)20-8-12(18)11-6-4-5-10(3)7-11/h4-7,9H,8H2,1-3H3,(H,15,19). The highest BCUT2D eigenvalue weighted by atomic mass is 32.2. The van der Waals surface area contributed by atoms with Crippen LogP contribution < -0.4 is 5.69 Å². The van der Waals surface area contributed by atoms with E-state index in [1.165, 1.54) is 11.8 Å². The van der Waals surface area contributed by atoms with Crippen LogP contribution in [0.3, 0.4) is 0 Å². The predicted octanol–water partition coefficient (Wildman–Crippen LogP) is 2.44. The Hall–Kier alpha value is -1.82. The third-order valence-corrected chi connectivity index (χ3v) is 3.81. The van der Waals surface area contributed by atoms with Crippen LogP contribution in [0.25, 0.3) is 0 Å². The Bertz CT molecular complexity index is 673. The first-order valence-electron chi connectivity index (χ1n) is 6.38. The van der Waals surface area contributed by atoms with Gasteiger partial charge in [-0.25, -0.2) is 9.89 Å². The quantitative estimate of drug-likeness (QED) is 0.678. The summed E-state index contributed by atoms with van der Waals surface area (Å²) in [5, 5.41) is 6.92. The zero-order valence-electron chi connectivity index (χ0n) is 11.7. The largest absolute Gasteiger partial charge is 0.344 e. The van der Waals surface area contributed by atoms with Crippen LogP contribution in [0.1, 0.15) is 35.8 Å². The zero-order chi connectivity index (χ0) is 14.7. The minimum Gasteiger partial charge on any atom is -0.293 e. The van der Waals surface area contributed by atoms with Crippen molar-refractivity contribution < 1.29 is 4.79 Å². The van der Waals surface area contributed by atoms with E-state index in [2.05, 4.69) is 10.2 Å². The molecule has 0 aliphatic carbocycles. The number of aromatic nitrogens is 3. The summed E-state index contributed by atoms with van der Waals surface area (Å²) in [5.41, 5.74) is 1.50. The summed E-state index contributed by atoms with van der Waals surface area (Å²) < 4.78 is 1.55. The Morgan fingerprint density at radius 2 is 2.20 bits per heavy atom. The van der Waals surface area contributed by atoms with E-state index in [1.807, 2.05) is 39.0 Å². The van der Waals surface area contributed by atoms with Gasteiger partial charge in [0, 0.05) is 11.6 Å². The van der Waals surface area contributed by atoms with Crippen LogP contribution in [0.2, 0.25) is 0 Å². The number of carbonyl (C=O) groups excluding carboxylic acids is 1. The van der Waals surface area contributed by atoms with E-state index in [4.69, 9.17) is 0 Å². The Morgan fingerprint density at radius 3 is 2.85 bits per heavy atom. The normalized spacial score (nSPS) is 11.0. The van der Waals surface area contributed by atoms with E-state index in [9.17, 15) is 9.59 Å². The zero-order valence-corrected chi connectivity index (χ0v) is 12.5. The van der Waals surface area contributed by atoms with Crippen LogP contribution in [-0.4, -0.2) is 26.3 Å². The van der Waals surface area contributed by atoms with Gasteiger partial charge in [0.2, 0.25) is 0 Å². The summed E-state index contributed by atoms with van der Waals surface area (Å²) in [4.78, 5) is 23.7. The molecule has 5 nitrogen and oxygen atoms in total. The first-order valence-corrected chi connectivity index (χ1v) is 7.37. The molecule has 0 unspecified atom stereocenters. The molecule has 0 aliphatic heterocycles. The van der Waals surface area contributed by atoms with Crippen LogP contribution >= 0.6 is 11.8 Å². The Morgan fingerprint density at radius 1 is 1.45 bits per heavy atom. The molecule has 6 heteroatoms. The summed E-state index contributed by atoms with van der Waals surface area (Å²) in [7, 11) is 0. The molecule has 2 aromatic rings. The number of nitrogens with one attached hydrogen (secondary N) is 1. The molecule has 0 radical (unpaired) electrons. The number of aromatic amines is 1. The smallest absolute Gasteiger partial charge is 0.293 e. The van der Waals surface area contributed by atoms with Crippen molar-refractivity contribution in [2.24, 2.45) is 0 Å². The highest BCUT2D eigenvalue weighted by Crippen LogP contribution is 2.18. The van der Waals surface area contributed by atoms with E-state index >= 15 is 0 Å². The number of nitrogens with zero attached hydrogens (tertiary/aromatic N) is 2. The lowest BCUT2D eigenvalue weighted by atomic mass is 10.1. The molecule has 0 amide bonds. The molecule has 0 spiro atoms. The van der Waals surface area contributed by atoms with Crippen molar-refractivity contribution in [2.45, 2.75) is 32.0 Å². The fraction of sp³-hybridized carbons (Fsp3) is 0.357. The van der Waals surface area contributed by atoms with E-state index in [-0.39, 0.29) is 23.3 Å². The molecular weight excluding hydrogens is 274 g/mol. The topological polar surface area (TPSA) is 67.8 Å². The maximum Gasteiger partial charge on any atom is 0.344 e. The predicted molar refractivity (Wildman–Crippen MR) is 79.5 cm³/mol. The van der Waals surface area contributed by atoms with Gasteiger partial charge in [-0.3, -0.25) is 9.36 Å². The van der Waals surface area contributed by atoms with Gasteiger partial charge >= 0.3 is 5.69 Å². The highest BCUT2D eigenvalue weighted by Gasteiger charge is 2.14. The van der Waals surface area contributed by atoms with Gasteiger partial charge in [-0.05, 0) is 26.8 Å². The van der Waals surface area contributed by atoms with Crippen molar-refractivity contribution in [3.05, 3.63) is 45.9 Å². The molecule has 0 fully saturated rings. The van der Waals surface area contributed by atoms with Crippen LogP contribution in [0.15, 0.2) is 34.2 Å². The van der Waals surface area contributed by atoms with Crippen LogP contribution in [0, 0.1) is 6.92 Å². The third-order valence-electron chi connectivity index (χ3n) is 2.86. The van der Waals surface area contributed by atoms with Crippen molar-refractivity contribution in [1.82, 2.24) is 14.8 Å². The number of ketones is 1. The van der Waals surface area contributed by atoms with Crippen molar-refractivity contribution in [3.63, 3.8) is 0 Å². The minimum atomic E-state index is -0.245. The molecule has 1 N–H and O–H groups in total. The maximum absolute atomic E-state index is 12.1. The number of aryl methyl sites for hydroxylation is 1. The summed E-state index contributed by atoms with van der Waals surface area (Å²) >= 11 is 1.28. The second kappa shape index (κ2) is 6.09. The van der Waals surface area contributed by atoms with Gasteiger partial charge in [0.15, 0.2) is 10.9 Å². The van der Waals surface area contributed by atoms with Crippen molar-refractivity contribution >= 4 is 17.5 Å². The lowest BCUT2D eigenvalue weighted by Crippen LogP contribution is -2.19. The van der Waals surface area contributed by atoms with Gasteiger partial charge < -0.3 is 0 Å². The van der Waals surface area contributed by atoms with Crippen molar-refractivity contribution in [2.75, 3.05) is 5.75 Å². The van der Waals surface area contributed by atoms with Gasteiger partial charge in [-0.1, -0.05) is 35.5 Å². The number of benzene rings is 1. The van der Waals surface area contributed by atoms with E-state index in [0.717, 1.165) is 5.56 Å². The van der Waals surface area contributed by atoms with Crippen LogP contribution in [0.5, 0.6) is 0 Å². The average molecular weight is 291 g/mol. The number of H-pyrrole nitrogens is 1. The summed E-state index contributed by atoms with van der Waals surface area (Å²) in [6.07, 6.45) is 0. The Labute approximate surface area is 121 Å². The molecule has 0 saturated heterocycles. The maximum atomic E-state index is 12.1. The third kappa shape index (κ3) is 3.19. The van der Waals surface area contributed by atoms with Crippen molar-refractivity contribution in [3.8, 4) is 0 Å². The molecule has 1 aromatic carbocycles. The number of hydrogen-bond donors (Lipinski definition) is 1. The number of rotatable bonds is 5. The highest BCUT2D eigenvalue weighted by molar-refractivity contribution is 7.99. The van der Waals surface area contributed by atoms with Gasteiger partial charge in [0.25, 0.3) is 0 Å². The SMILES string of the molecule is Cc1cccc(C(=O)CSc2n[nH]c(=O)n2C(C)C)c1. The van der Waals surface area contributed by atoms with Gasteiger partial charge in [0.1, 0.15) is 0 Å². The minimum absolute atomic E-state index is 0.0119. The second-order valence-electron chi connectivity index (χ2n) is 4.86. The van der Waals surface area contributed by atoms with E-state index < -0.39 is 0 Å². The molecule has 0 saturated carbocycles. The Kier molecular flexibility index (Phi) is 4.44. The molecule has 0 atom stereocenters. The number of Topliss-reactive ketones (excluding diaryl/α,β-unsaturated/α-hetero) is 1. The molecule has 1 aromatic heterocycles. The number of carbonyl (C=O) groups is 1. The summed E-state index contributed by atoms with van der Waals surface area (Å²) in [6, 6.07) is 7.50. The second-order valence-corrected chi connectivity index (χ2v) is 5.80. The first kappa shape index (κ1) is 14.6.